The Hall–Kier alpha value is -3.02. The minimum absolute atomic E-state index is 0.0429. The first-order valence-electron chi connectivity index (χ1n) is 17.5. The van der Waals surface area contributed by atoms with Gasteiger partial charge >= 0.3 is 11.9 Å². The Morgan fingerprint density at radius 3 is 0.917 bits per heavy atom. The van der Waals surface area contributed by atoms with Crippen molar-refractivity contribution in [1.29, 1.82) is 0 Å². The van der Waals surface area contributed by atoms with Crippen LogP contribution in [0.15, 0.2) is 24.3 Å². The Kier molecular flexibility index (Phi) is 12.4. The van der Waals surface area contributed by atoms with Crippen LogP contribution in [0.4, 0.5) is 0 Å². The zero-order valence-electron chi connectivity index (χ0n) is 33.1. The van der Waals surface area contributed by atoms with Gasteiger partial charge in [0.05, 0.1) is 26.1 Å². The normalized spacial score (nSPS) is 13.4. The molecule has 0 fully saturated rings. The minimum atomic E-state index is -0.427. The van der Waals surface area contributed by atoms with Crippen LogP contribution in [0.5, 0.6) is 11.5 Å². The van der Waals surface area contributed by atoms with Crippen LogP contribution in [-0.2, 0) is 53.6 Å². The molecule has 0 heterocycles. The van der Waals surface area contributed by atoms with Crippen LogP contribution in [0.1, 0.15) is 157 Å². The van der Waals surface area contributed by atoms with Gasteiger partial charge in [0.1, 0.15) is 11.5 Å². The van der Waals surface area contributed by atoms with Crippen LogP contribution in [-0.4, -0.2) is 35.4 Å². The molecule has 2 rings (SSSR count). The number of aromatic hydroxyl groups is 2. The molecule has 0 unspecified atom stereocenters. The van der Waals surface area contributed by atoms with Crippen molar-refractivity contribution in [3.8, 4) is 11.5 Å². The van der Waals surface area contributed by atoms with E-state index in [1.807, 2.05) is 0 Å². The Morgan fingerprint density at radius 2 is 0.708 bits per heavy atom. The molecule has 0 spiro atoms. The van der Waals surface area contributed by atoms with E-state index in [-0.39, 0.29) is 58.5 Å². The van der Waals surface area contributed by atoms with Gasteiger partial charge in [-0.3, -0.25) is 9.59 Å². The Morgan fingerprint density at radius 1 is 0.479 bits per heavy atom. The number of phenols is 2. The van der Waals surface area contributed by atoms with Crippen LogP contribution in [0, 0.1) is 10.8 Å². The molecule has 0 aliphatic rings. The lowest BCUT2D eigenvalue weighted by atomic mass is 9.76. The van der Waals surface area contributed by atoms with Crippen LogP contribution in [0.3, 0.4) is 0 Å². The molecule has 0 radical (unpaired) electrons. The lowest BCUT2D eigenvalue weighted by Gasteiger charge is -2.30. The summed E-state index contributed by atoms with van der Waals surface area (Å²) in [6, 6.07) is 8.28. The van der Waals surface area contributed by atoms with Gasteiger partial charge in [0.25, 0.3) is 0 Å². The molecule has 0 saturated heterocycles. The van der Waals surface area contributed by atoms with Gasteiger partial charge in [0, 0.05) is 10.8 Å². The maximum Gasteiger partial charge on any atom is 0.306 e. The van der Waals surface area contributed by atoms with Crippen molar-refractivity contribution >= 4 is 11.9 Å². The molecule has 0 atom stereocenters. The molecule has 0 bridgehead atoms. The zero-order valence-corrected chi connectivity index (χ0v) is 33.1. The molecular weight excluding hydrogens is 600 g/mol. The molecule has 0 aliphatic carbocycles. The van der Waals surface area contributed by atoms with E-state index in [1.165, 1.54) is 0 Å². The zero-order chi connectivity index (χ0) is 37.3. The highest BCUT2D eigenvalue weighted by molar-refractivity contribution is 5.77. The van der Waals surface area contributed by atoms with Crippen LogP contribution in [0.2, 0.25) is 0 Å². The molecule has 0 amide bonds. The lowest BCUT2D eigenvalue weighted by molar-refractivity contribution is -0.153. The van der Waals surface area contributed by atoms with Crippen molar-refractivity contribution in [3.63, 3.8) is 0 Å². The molecule has 2 aromatic carbocycles. The van der Waals surface area contributed by atoms with Gasteiger partial charge < -0.3 is 19.7 Å². The van der Waals surface area contributed by atoms with Gasteiger partial charge in [-0.25, -0.2) is 0 Å². The maximum absolute atomic E-state index is 12.7. The summed E-state index contributed by atoms with van der Waals surface area (Å²) in [5.41, 5.74) is 4.21. The number of hydrogen-bond donors (Lipinski definition) is 2. The van der Waals surface area contributed by atoms with E-state index in [4.69, 9.17) is 9.47 Å². The Bertz CT molecular complexity index is 1270. The number of ether oxygens (including phenoxy) is 2. The third kappa shape index (κ3) is 11.8. The quantitative estimate of drug-likeness (QED) is 0.232. The number of phenolic OH excluding ortho intramolecular Hbond substituents is 2. The van der Waals surface area contributed by atoms with Crippen molar-refractivity contribution in [3.05, 3.63) is 57.6 Å². The van der Waals surface area contributed by atoms with Gasteiger partial charge in [-0.05, 0) is 67.9 Å². The van der Waals surface area contributed by atoms with Gasteiger partial charge in [-0.1, -0.05) is 135 Å². The first-order chi connectivity index (χ1) is 21.4. The van der Waals surface area contributed by atoms with E-state index in [2.05, 4.69) is 135 Å². The van der Waals surface area contributed by atoms with Gasteiger partial charge in [0.2, 0.25) is 0 Å². The van der Waals surface area contributed by atoms with E-state index < -0.39 is 11.9 Å². The van der Waals surface area contributed by atoms with E-state index in [9.17, 15) is 19.8 Å². The minimum Gasteiger partial charge on any atom is -0.507 e. The summed E-state index contributed by atoms with van der Waals surface area (Å²) in [5, 5.41) is 22.2. The van der Waals surface area contributed by atoms with Crippen molar-refractivity contribution in [2.24, 2.45) is 10.8 Å². The van der Waals surface area contributed by atoms with Crippen molar-refractivity contribution in [1.82, 2.24) is 0 Å². The molecule has 6 nitrogen and oxygen atoms in total. The number of carbonyl (C=O) groups excluding carboxylic acids is 2. The number of carbonyl (C=O) groups is 2. The fourth-order valence-electron chi connectivity index (χ4n) is 5.99. The lowest BCUT2D eigenvalue weighted by Crippen LogP contribution is -2.27. The number of rotatable bonds is 11. The second-order valence-corrected chi connectivity index (χ2v) is 19.6. The SMILES string of the molecule is CC(C)(COC(=O)CCC(=O)OCC(C)(C)Cc1cc(C(C)(C)C)c(O)c(C(C)(C)C)c1)Cc1cc(C(C)(C)C)c(O)c(C(C)(C)C)c1. The second kappa shape index (κ2) is 14.5. The third-order valence-corrected chi connectivity index (χ3v) is 8.72. The summed E-state index contributed by atoms with van der Waals surface area (Å²) in [7, 11) is 0. The van der Waals surface area contributed by atoms with Gasteiger partial charge in [0.15, 0.2) is 0 Å². The van der Waals surface area contributed by atoms with Crippen LogP contribution >= 0.6 is 0 Å². The first kappa shape index (κ1) is 41.2. The molecule has 0 aromatic heterocycles. The summed E-state index contributed by atoms with van der Waals surface area (Å²) in [6.07, 6.45) is 1.25. The molecule has 2 aromatic rings. The molecule has 0 saturated carbocycles. The largest absolute Gasteiger partial charge is 0.507 e. The van der Waals surface area contributed by atoms with Crippen LogP contribution in [0.25, 0.3) is 0 Å². The summed E-state index contributed by atoms with van der Waals surface area (Å²) < 4.78 is 11.3. The number of benzene rings is 2. The van der Waals surface area contributed by atoms with Crippen molar-refractivity contribution < 1.29 is 29.3 Å². The summed E-state index contributed by atoms with van der Waals surface area (Å²) in [4.78, 5) is 25.3. The van der Waals surface area contributed by atoms with Gasteiger partial charge in [-0.2, -0.15) is 0 Å². The molecule has 0 aliphatic heterocycles. The number of hydrogen-bond acceptors (Lipinski definition) is 6. The first-order valence-corrected chi connectivity index (χ1v) is 17.5. The predicted octanol–water partition coefficient (Wildman–Crippen LogP) is 9.99. The highest BCUT2D eigenvalue weighted by Gasteiger charge is 2.31. The monoisotopic (exact) mass is 666 g/mol. The van der Waals surface area contributed by atoms with E-state index in [0.717, 1.165) is 33.4 Å². The fourth-order valence-corrected chi connectivity index (χ4v) is 5.99. The van der Waals surface area contributed by atoms with Crippen LogP contribution < -0.4 is 0 Å². The Balaban J connectivity index is 1.99. The average Bonchev–Trinajstić information content (AvgIpc) is 2.88. The summed E-state index contributed by atoms with van der Waals surface area (Å²) in [6.45, 7) is 33.8. The topological polar surface area (TPSA) is 93.1 Å². The van der Waals surface area contributed by atoms with Crippen molar-refractivity contribution in [2.45, 2.75) is 158 Å². The molecular formula is C42H66O6. The Labute approximate surface area is 292 Å². The summed E-state index contributed by atoms with van der Waals surface area (Å²) in [5.74, 6) is -0.153. The highest BCUT2D eigenvalue weighted by atomic mass is 16.5. The predicted molar refractivity (Wildman–Crippen MR) is 197 cm³/mol. The molecule has 2 N–H and O–H groups in total. The number of esters is 2. The molecule has 6 heteroatoms. The van der Waals surface area contributed by atoms with Crippen molar-refractivity contribution in [2.75, 3.05) is 13.2 Å². The average molecular weight is 667 g/mol. The van der Waals surface area contributed by atoms with Gasteiger partial charge in [-0.15, -0.1) is 0 Å². The second-order valence-electron chi connectivity index (χ2n) is 19.6. The van der Waals surface area contributed by atoms with E-state index in [1.54, 1.807) is 0 Å². The molecule has 48 heavy (non-hydrogen) atoms. The summed E-state index contributed by atoms with van der Waals surface area (Å²) >= 11 is 0. The fraction of sp³-hybridized carbons (Fsp3) is 0.667. The third-order valence-electron chi connectivity index (χ3n) is 8.72. The van der Waals surface area contributed by atoms with E-state index in [0.29, 0.717) is 24.3 Å². The molecule has 270 valence electrons. The smallest absolute Gasteiger partial charge is 0.306 e. The maximum atomic E-state index is 12.7. The highest BCUT2D eigenvalue weighted by Crippen LogP contribution is 2.42. The van der Waals surface area contributed by atoms with E-state index >= 15 is 0 Å². The standard InChI is InChI=1S/C42H66O6/c1-37(2,3)29-19-27(20-30(35(29)45)38(4,5)6)23-41(13,14)25-47-33(43)17-18-34(44)48-26-42(15,16)24-28-21-31(39(7,8)9)36(46)32(22-28)40(10,11)12/h19-22,45-46H,17-18,23-26H2,1-16H3.